The van der Waals surface area contributed by atoms with Crippen molar-refractivity contribution < 1.29 is 9.18 Å². The molecule has 0 fully saturated rings. The summed E-state index contributed by atoms with van der Waals surface area (Å²) in [6.07, 6.45) is 3.99. The zero-order valence-electron chi connectivity index (χ0n) is 15.8. The number of aryl methyl sites for hydroxylation is 1. The lowest BCUT2D eigenvalue weighted by Crippen LogP contribution is -2.20. The van der Waals surface area contributed by atoms with Crippen molar-refractivity contribution in [3.05, 3.63) is 83.9 Å². The maximum Gasteiger partial charge on any atom is 0.226 e. The van der Waals surface area contributed by atoms with Gasteiger partial charge in [-0.2, -0.15) is 0 Å². The highest BCUT2D eigenvalue weighted by atomic mass is 19.1. The molecule has 0 radical (unpaired) electrons. The molecule has 140 valence electrons. The predicted molar refractivity (Wildman–Crippen MR) is 108 cm³/mol. The quantitative estimate of drug-likeness (QED) is 0.692. The van der Waals surface area contributed by atoms with Crippen LogP contribution in [0, 0.1) is 12.7 Å². The van der Waals surface area contributed by atoms with E-state index in [9.17, 15) is 9.18 Å². The Bertz CT molecular complexity index is 919. The van der Waals surface area contributed by atoms with Crippen LogP contribution in [-0.4, -0.2) is 24.6 Å². The predicted octanol–water partition coefficient (Wildman–Crippen LogP) is 4.62. The average molecular weight is 365 g/mol. The number of carbonyl (C=O) groups is 1. The number of benzene rings is 2. The van der Waals surface area contributed by atoms with Gasteiger partial charge in [-0.05, 0) is 54.4 Å². The lowest BCUT2D eigenvalue weighted by Gasteiger charge is -2.20. The van der Waals surface area contributed by atoms with E-state index in [1.165, 1.54) is 12.1 Å². The minimum absolute atomic E-state index is 0.119. The summed E-state index contributed by atoms with van der Waals surface area (Å²) in [6, 6.07) is 15.8. The molecule has 1 heterocycles. The van der Waals surface area contributed by atoms with E-state index >= 15 is 0 Å². The zero-order chi connectivity index (χ0) is 19.4. The van der Waals surface area contributed by atoms with Crippen LogP contribution in [-0.2, 0) is 4.79 Å². The number of nitrogens with one attached hydrogen (secondary N) is 1. The number of halogens is 1. The normalized spacial score (nSPS) is 11.9. The van der Waals surface area contributed by atoms with Crippen LogP contribution in [0.3, 0.4) is 0 Å². The molecule has 5 heteroatoms. The molecule has 0 bridgehead atoms. The van der Waals surface area contributed by atoms with Crippen molar-refractivity contribution in [2.75, 3.05) is 24.3 Å². The highest BCUT2D eigenvalue weighted by Gasteiger charge is 2.18. The summed E-state index contributed by atoms with van der Waals surface area (Å²) >= 11 is 0. The summed E-state index contributed by atoms with van der Waals surface area (Å²) in [5.41, 5.74) is 3.71. The first-order valence-corrected chi connectivity index (χ1v) is 8.90. The molecule has 1 atom stereocenters. The summed E-state index contributed by atoms with van der Waals surface area (Å²) in [5, 5.41) is 2.97. The first-order valence-electron chi connectivity index (χ1n) is 8.90. The Balaban J connectivity index is 1.80. The Hall–Kier alpha value is -3.08. The largest absolute Gasteiger partial charge is 0.377 e. The van der Waals surface area contributed by atoms with E-state index in [1.54, 1.807) is 6.07 Å². The van der Waals surface area contributed by atoms with Gasteiger partial charge in [0.15, 0.2) is 0 Å². The molecule has 2 aromatic carbocycles. The molecule has 0 spiro atoms. The van der Waals surface area contributed by atoms with Crippen molar-refractivity contribution in [3.63, 3.8) is 0 Å². The molecule has 27 heavy (non-hydrogen) atoms. The van der Waals surface area contributed by atoms with Crippen LogP contribution in [0.25, 0.3) is 0 Å². The minimum Gasteiger partial charge on any atom is -0.377 e. The number of aromatic nitrogens is 1. The van der Waals surface area contributed by atoms with E-state index in [0.29, 0.717) is 0 Å². The zero-order valence-corrected chi connectivity index (χ0v) is 15.8. The van der Waals surface area contributed by atoms with E-state index < -0.39 is 0 Å². The Morgan fingerprint density at radius 2 is 1.85 bits per heavy atom. The van der Waals surface area contributed by atoms with Crippen LogP contribution in [0.5, 0.6) is 0 Å². The van der Waals surface area contributed by atoms with Gasteiger partial charge in [0.25, 0.3) is 0 Å². The fourth-order valence-electron chi connectivity index (χ4n) is 3.22. The summed E-state index contributed by atoms with van der Waals surface area (Å²) in [5.74, 6) is -0.425. The number of anilines is 2. The van der Waals surface area contributed by atoms with Gasteiger partial charge in [0, 0.05) is 37.9 Å². The van der Waals surface area contributed by atoms with Gasteiger partial charge in [-0.1, -0.05) is 18.2 Å². The van der Waals surface area contributed by atoms with Crippen molar-refractivity contribution >= 4 is 17.3 Å². The second-order valence-corrected chi connectivity index (χ2v) is 6.85. The van der Waals surface area contributed by atoms with Gasteiger partial charge >= 0.3 is 0 Å². The number of amides is 1. The molecule has 0 aliphatic heterocycles. The van der Waals surface area contributed by atoms with E-state index in [4.69, 9.17) is 0 Å². The lowest BCUT2D eigenvalue weighted by molar-refractivity contribution is -0.116. The molecule has 0 saturated carbocycles. The maximum absolute atomic E-state index is 13.7. The first kappa shape index (κ1) is 18.7. The third kappa shape index (κ3) is 4.56. The molecule has 3 rings (SSSR count). The fraction of sp³-hybridized carbons (Fsp3) is 0.227. The topological polar surface area (TPSA) is 37.3 Å². The fourth-order valence-corrected chi connectivity index (χ4v) is 3.22. The highest BCUT2D eigenvalue weighted by molar-refractivity contribution is 5.92. The van der Waals surface area contributed by atoms with Crippen molar-refractivity contribution in [2.24, 2.45) is 0 Å². The van der Waals surface area contributed by atoms with Crippen molar-refractivity contribution in [1.82, 2.24) is 4.57 Å². The van der Waals surface area contributed by atoms with Gasteiger partial charge in [-0.15, -0.1) is 0 Å². The monoisotopic (exact) mass is 365 g/mol. The van der Waals surface area contributed by atoms with Gasteiger partial charge in [-0.25, -0.2) is 4.39 Å². The average Bonchev–Trinajstić information content (AvgIpc) is 3.15. The smallest absolute Gasteiger partial charge is 0.226 e. The molecule has 1 unspecified atom stereocenters. The molecule has 0 aliphatic rings. The molecule has 3 aromatic rings. The molecule has 4 nitrogen and oxygen atoms in total. The van der Waals surface area contributed by atoms with Gasteiger partial charge < -0.3 is 14.8 Å². The molecule has 1 amide bonds. The Kier molecular flexibility index (Phi) is 5.60. The van der Waals surface area contributed by atoms with Gasteiger partial charge in [0.2, 0.25) is 5.91 Å². The SMILES string of the molecule is Cc1ccc(NC(=O)CC(c2cccc(F)c2)n2cccc2)cc1N(C)C. The Morgan fingerprint density at radius 1 is 1.11 bits per heavy atom. The number of hydrogen-bond donors (Lipinski definition) is 1. The van der Waals surface area contributed by atoms with E-state index in [-0.39, 0.29) is 24.2 Å². The third-order valence-electron chi connectivity index (χ3n) is 4.57. The Labute approximate surface area is 159 Å². The second kappa shape index (κ2) is 8.08. The lowest BCUT2D eigenvalue weighted by atomic mass is 10.0. The number of nitrogens with zero attached hydrogens (tertiary/aromatic N) is 2. The standard InChI is InChI=1S/C22H24FN3O/c1-16-9-10-19(14-20(16)25(2)3)24-22(27)15-21(26-11-4-5-12-26)17-7-6-8-18(23)13-17/h4-14,21H,15H2,1-3H3,(H,24,27). The molecule has 0 aliphatic carbocycles. The molecule has 0 saturated heterocycles. The van der Waals surface area contributed by atoms with Crippen LogP contribution in [0.1, 0.15) is 23.6 Å². The molecule has 1 aromatic heterocycles. The summed E-state index contributed by atoms with van der Waals surface area (Å²) in [6.45, 7) is 2.03. The minimum atomic E-state index is -0.306. The molecule has 1 N–H and O–H groups in total. The van der Waals surface area contributed by atoms with Gasteiger partial charge in [0.1, 0.15) is 5.82 Å². The number of rotatable bonds is 6. The highest BCUT2D eigenvalue weighted by Crippen LogP contribution is 2.26. The Morgan fingerprint density at radius 3 is 2.52 bits per heavy atom. The maximum atomic E-state index is 13.7. The van der Waals surface area contributed by atoms with E-state index in [1.807, 2.05) is 79.3 Å². The summed E-state index contributed by atoms with van der Waals surface area (Å²) in [7, 11) is 3.94. The first-order chi connectivity index (χ1) is 12.9. The third-order valence-corrected chi connectivity index (χ3v) is 4.57. The van der Waals surface area contributed by atoms with Crippen molar-refractivity contribution in [2.45, 2.75) is 19.4 Å². The molecular formula is C22H24FN3O. The van der Waals surface area contributed by atoms with Crippen LogP contribution >= 0.6 is 0 Å². The van der Waals surface area contributed by atoms with Gasteiger partial charge in [-0.3, -0.25) is 4.79 Å². The summed E-state index contributed by atoms with van der Waals surface area (Å²) < 4.78 is 15.6. The van der Waals surface area contributed by atoms with Crippen molar-refractivity contribution in [3.8, 4) is 0 Å². The van der Waals surface area contributed by atoms with E-state index in [0.717, 1.165) is 22.5 Å². The van der Waals surface area contributed by atoms with Gasteiger partial charge in [0.05, 0.1) is 12.5 Å². The van der Waals surface area contributed by atoms with Crippen LogP contribution in [0.4, 0.5) is 15.8 Å². The van der Waals surface area contributed by atoms with Crippen molar-refractivity contribution in [1.29, 1.82) is 0 Å². The number of carbonyl (C=O) groups excluding carboxylic acids is 1. The van der Waals surface area contributed by atoms with E-state index in [2.05, 4.69) is 5.32 Å². The second-order valence-electron chi connectivity index (χ2n) is 6.85. The van der Waals surface area contributed by atoms with Crippen LogP contribution in [0.2, 0.25) is 0 Å². The number of hydrogen-bond acceptors (Lipinski definition) is 2. The van der Waals surface area contributed by atoms with Crippen LogP contribution in [0.15, 0.2) is 67.0 Å². The van der Waals surface area contributed by atoms with Crippen LogP contribution < -0.4 is 10.2 Å². The molecular weight excluding hydrogens is 341 g/mol. The summed E-state index contributed by atoms with van der Waals surface area (Å²) in [4.78, 5) is 14.7.